The third-order valence-corrected chi connectivity index (χ3v) is 3.30. The predicted molar refractivity (Wildman–Crippen MR) is 63.4 cm³/mol. The van der Waals surface area contributed by atoms with Gasteiger partial charge in [0, 0.05) is 30.2 Å². The molecule has 2 heterocycles. The lowest BCUT2D eigenvalue weighted by Gasteiger charge is -2.08. The maximum Gasteiger partial charge on any atom is 0.122 e. The monoisotopic (exact) mass is 237 g/mol. The minimum atomic E-state index is -0.526. The molecule has 86 valence electrons. The van der Waals surface area contributed by atoms with Crippen molar-refractivity contribution in [3.63, 3.8) is 0 Å². The molecule has 0 aliphatic carbocycles. The fourth-order valence-electron chi connectivity index (χ4n) is 1.72. The third kappa shape index (κ3) is 2.31. The van der Waals surface area contributed by atoms with Gasteiger partial charge in [0.1, 0.15) is 11.1 Å². The normalized spacial score (nSPS) is 12.9. The van der Waals surface area contributed by atoms with Crippen LogP contribution >= 0.6 is 11.3 Å². The molecule has 0 saturated carbocycles. The number of rotatable bonds is 4. The minimum absolute atomic E-state index is 0.526. The lowest BCUT2D eigenvalue weighted by molar-refractivity contribution is 0.175. The standard InChI is InChI=1S/C11H15N3OS/c1-3-14-9(6-8(2)13-14)7-10(15)11-12-4-5-16-11/h4-6,10,15H,3,7H2,1-2H3. The second-order valence-corrected chi connectivity index (χ2v) is 4.61. The molecule has 2 aromatic rings. The van der Waals surface area contributed by atoms with Gasteiger partial charge in [0.15, 0.2) is 0 Å². The van der Waals surface area contributed by atoms with Crippen LogP contribution in [0.3, 0.4) is 0 Å². The van der Waals surface area contributed by atoms with Crippen LogP contribution < -0.4 is 0 Å². The van der Waals surface area contributed by atoms with Gasteiger partial charge in [-0.15, -0.1) is 11.3 Å². The van der Waals surface area contributed by atoms with E-state index in [-0.39, 0.29) is 0 Å². The average Bonchev–Trinajstić information content (AvgIpc) is 2.87. The van der Waals surface area contributed by atoms with Crippen LogP contribution in [-0.2, 0) is 13.0 Å². The van der Waals surface area contributed by atoms with Crippen LogP contribution in [0, 0.1) is 6.92 Å². The maximum absolute atomic E-state index is 10.00. The van der Waals surface area contributed by atoms with E-state index in [1.54, 1.807) is 6.20 Å². The van der Waals surface area contributed by atoms with E-state index in [2.05, 4.69) is 10.1 Å². The Balaban J connectivity index is 2.14. The molecule has 4 nitrogen and oxygen atoms in total. The molecule has 0 aliphatic heterocycles. The van der Waals surface area contributed by atoms with E-state index in [4.69, 9.17) is 0 Å². The average molecular weight is 237 g/mol. The van der Waals surface area contributed by atoms with Gasteiger partial charge in [-0.1, -0.05) is 0 Å². The number of aliphatic hydroxyl groups excluding tert-OH is 1. The van der Waals surface area contributed by atoms with Crippen molar-refractivity contribution in [1.29, 1.82) is 0 Å². The van der Waals surface area contributed by atoms with Crippen molar-refractivity contribution in [1.82, 2.24) is 14.8 Å². The second-order valence-electron chi connectivity index (χ2n) is 3.68. The molecule has 0 aromatic carbocycles. The molecule has 5 heteroatoms. The first-order chi connectivity index (χ1) is 7.70. The first kappa shape index (κ1) is 11.3. The van der Waals surface area contributed by atoms with Gasteiger partial charge in [-0.05, 0) is 19.9 Å². The highest BCUT2D eigenvalue weighted by Gasteiger charge is 2.14. The van der Waals surface area contributed by atoms with Crippen molar-refractivity contribution in [2.24, 2.45) is 0 Å². The molecule has 0 spiro atoms. The first-order valence-corrected chi connectivity index (χ1v) is 6.19. The van der Waals surface area contributed by atoms with Crippen molar-refractivity contribution in [2.45, 2.75) is 32.9 Å². The zero-order valence-electron chi connectivity index (χ0n) is 9.42. The maximum atomic E-state index is 10.00. The molecule has 0 fully saturated rings. The summed E-state index contributed by atoms with van der Waals surface area (Å²) in [5.41, 5.74) is 2.05. The Morgan fingerprint density at radius 3 is 3.00 bits per heavy atom. The molecule has 1 unspecified atom stereocenters. The van der Waals surface area contributed by atoms with E-state index < -0.39 is 6.10 Å². The molecule has 1 atom stereocenters. The quantitative estimate of drug-likeness (QED) is 0.884. The van der Waals surface area contributed by atoms with Crippen molar-refractivity contribution in [3.05, 3.63) is 34.0 Å². The fraction of sp³-hybridized carbons (Fsp3) is 0.455. The Morgan fingerprint density at radius 2 is 2.38 bits per heavy atom. The Morgan fingerprint density at radius 1 is 1.56 bits per heavy atom. The van der Waals surface area contributed by atoms with Gasteiger partial charge in [0.2, 0.25) is 0 Å². The van der Waals surface area contributed by atoms with Crippen molar-refractivity contribution in [2.75, 3.05) is 0 Å². The Labute approximate surface area is 98.6 Å². The molecular formula is C11H15N3OS. The van der Waals surface area contributed by atoms with E-state index in [0.717, 1.165) is 22.9 Å². The van der Waals surface area contributed by atoms with Gasteiger partial charge in [0.05, 0.1) is 5.69 Å². The van der Waals surface area contributed by atoms with Crippen LogP contribution in [-0.4, -0.2) is 19.9 Å². The largest absolute Gasteiger partial charge is 0.386 e. The molecule has 0 saturated heterocycles. The van der Waals surface area contributed by atoms with Crippen molar-refractivity contribution >= 4 is 11.3 Å². The number of hydrogen-bond donors (Lipinski definition) is 1. The summed E-state index contributed by atoms with van der Waals surface area (Å²) >= 11 is 1.48. The van der Waals surface area contributed by atoms with Crippen LogP contribution in [0.1, 0.15) is 29.4 Å². The highest BCUT2D eigenvalue weighted by Crippen LogP contribution is 2.20. The Hall–Kier alpha value is -1.20. The predicted octanol–water partition coefficient (Wildman–Crippen LogP) is 1.94. The first-order valence-electron chi connectivity index (χ1n) is 5.31. The van der Waals surface area contributed by atoms with E-state index in [1.165, 1.54) is 11.3 Å². The smallest absolute Gasteiger partial charge is 0.122 e. The topological polar surface area (TPSA) is 50.9 Å². The summed E-state index contributed by atoms with van der Waals surface area (Å²) in [6, 6.07) is 2.01. The number of hydrogen-bond acceptors (Lipinski definition) is 4. The van der Waals surface area contributed by atoms with Crippen LogP contribution in [0.25, 0.3) is 0 Å². The molecule has 0 radical (unpaired) electrons. The number of aliphatic hydroxyl groups is 1. The van der Waals surface area contributed by atoms with Crippen LogP contribution in [0.2, 0.25) is 0 Å². The molecule has 2 aromatic heterocycles. The summed E-state index contributed by atoms with van der Waals surface area (Å²) in [5.74, 6) is 0. The zero-order valence-corrected chi connectivity index (χ0v) is 10.2. The zero-order chi connectivity index (χ0) is 11.5. The van der Waals surface area contributed by atoms with Crippen LogP contribution in [0.4, 0.5) is 0 Å². The summed E-state index contributed by atoms with van der Waals surface area (Å²) in [4.78, 5) is 4.11. The molecule has 0 aliphatic rings. The highest BCUT2D eigenvalue weighted by atomic mass is 32.1. The Kier molecular flexibility index (Phi) is 3.36. The van der Waals surface area contributed by atoms with E-state index >= 15 is 0 Å². The van der Waals surface area contributed by atoms with Gasteiger partial charge >= 0.3 is 0 Å². The third-order valence-electron chi connectivity index (χ3n) is 2.42. The fourth-order valence-corrected chi connectivity index (χ4v) is 2.34. The molecule has 16 heavy (non-hydrogen) atoms. The molecule has 0 amide bonds. The summed E-state index contributed by atoms with van der Waals surface area (Å²) in [5, 5.41) is 17.0. The molecule has 1 N–H and O–H groups in total. The SMILES string of the molecule is CCn1nc(C)cc1CC(O)c1nccs1. The molecule has 0 bridgehead atoms. The summed E-state index contributed by atoms with van der Waals surface area (Å²) in [7, 11) is 0. The van der Waals surface area contributed by atoms with Crippen LogP contribution in [0.15, 0.2) is 17.6 Å². The number of nitrogens with zero attached hydrogens (tertiary/aromatic N) is 3. The number of aryl methyl sites for hydroxylation is 2. The lowest BCUT2D eigenvalue weighted by Crippen LogP contribution is -2.08. The van der Waals surface area contributed by atoms with Gasteiger partial charge in [-0.3, -0.25) is 4.68 Å². The van der Waals surface area contributed by atoms with Gasteiger partial charge in [0.25, 0.3) is 0 Å². The molecular weight excluding hydrogens is 222 g/mol. The highest BCUT2D eigenvalue weighted by molar-refractivity contribution is 7.09. The van der Waals surface area contributed by atoms with Gasteiger partial charge in [-0.2, -0.15) is 5.10 Å². The molecule has 2 rings (SSSR count). The van der Waals surface area contributed by atoms with Crippen LogP contribution in [0.5, 0.6) is 0 Å². The van der Waals surface area contributed by atoms with Gasteiger partial charge in [-0.25, -0.2) is 4.98 Å². The van der Waals surface area contributed by atoms with Crippen molar-refractivity contribution in [3.8, 4) is 0 Å². The minimum Gasteiger partial charge on any atom is -0.386 e. The number of thiazole rings is 1. The van der Waals surface area contributed by atoms with E-state index in [9.17, 15) is 5.11 Å². The summed E-state index contributed by atoms with van der Waals surface area (Å²) in [6.45, 7) is 4.84. The van der Waals surface area contributed by atoms with E-state index in [1.807, 2.05) is 30.0 Å². The Bertz CT molecular complexity index is 450. The van der Waals surface area contributed by atoms with E-state index in [0.29, 0.717) is 6.42 Å². The second kappa shape index (κ2) is 4.76. The lowest BCUT2D eigenvalue weighted by atomic mass is 10.2. The van der Waals surface area contributed by atoms with Gasteiger partial charge < -0.3 is 5.11 Å². The number of aromatic nitrogens is 3. The van der Waals surface area contributed by atoms with Crippen molar-refractivity contribution < 1.29 is 5.11 Å². The summed E-state index contributed by atoms with van der Waals surface area (Å²) < 4.78 is 1.92. The summed E-state index contributed by atoms with van der Waals surface area (Å²) in [6.07, 6.45) is 1.76.